The zero-order chi connectivity index (χ0) is 41.2. The van der Waals surface area contributed by atoms with Crippen LogP contribution in [0, 0.1) is 0 Å². The van der Waals surface area contributed by atoms with Gasteiger partial charge in [-0.25, -0.2) is 0 Å². The third kappa shape index (κ3) is 6.74. The van der Waals surface area contributed by atoms with E-state index in [1.165, 1.54) is 66.4 Å². The summed E-state index contributed by atoms with van der Waals surface area (Å²) in [5.41, 5.74) is 18.7. The Bertz CT molecular complexity index is 3300. The van der Waals surface area contributed by atoms with E-state index >= 15 is 0 Å². The van der Waals surface area contributed by atoms with Crippen molar-refractivity contribution in [3.8, 4) is 61.3 Å². The molecule has 2 heteroatoms. The average molecular weight is 791 g/mol. The van der Waals surface area contributed by atoms with Gasteiger partial charge in [0.1, 0.15) is 0 Å². The summed E-state index contributed by atoms with van der Waals surface area (Å²) in [7, 11) is 0. The van der Waals surface area contributed by atoms with Crippen molar-refractivity contribution in [3.63, 3.8) is 0 Å². The van der Waals surface area contributed by atoms with Gasteiger partial charge in [-0.15, -0.1) is 0 Å². The number of hydrogen-bond donors (Lipinski definition) is 0. The van der Waals surface area contributed by atoms with E-state index in [4.69, 9.17) is 0 Å². The molecule has 11 rings (SSSR count). The zero-order valence-corrected chi connectivity index (χ0v) is 34.1. The third-order valence-electron chi connectivity index (χ3n) is 12.0. The Morgan fingerprint density at radius 2 is 0.742 bits per heavy atom. The van der Waals surface area contributed by atoms with Crippen molar-refractivity contribution < 1.29 is 0 Å². The van der Waals surface area contributed by atoms with Gasteiger partial charge in [0.2, 0.25) is 0 Å². The van der Waals surface area contributed by atoms with E-state index in [1.54, 1.807) is 0 Å². The zero-order valence-electron chi connectivity index (χ0n) is 34.1. The summed E-state index contributed by atoms with van der Waals surface area (Å²) in [6.07, 6.45) is 0. The molecule has 0 aliphatic heterocycles. The second-order valence-electron chi connectivity index (χ2n) is 15.7. The fraction of sp³-hybridized carbons (Fsp3) is 0. The van der Waals surface area contributed by atoms with E-state index in [9.17, 15) is 0 Å². The third-order valence-corrected chi connectivity index (χ3v) is 12.0. The highest BCUT2D eigenvalue weighted by atomic mass is 15.1. The molecule has 1 heterocycles. The van der Waals surface area contributed by atoms with Crippen LogP contribution in [0.1, 0.15) is 0 Å². The van der Waals surface area contributed by atoms with Crippen molar-refractivity contribution in [3.05, 3.63) is 255 Å². The molecule has 292 valence electrons. The van der Waals surface area contributed by atoms with Crippen molar-refractivity contribution in [2.24, 2.45) is 0 Å². The molecule has 11 aromatic rings. The summed E-state index contributed by atoms with van der Waals surface area (Å²) in [6, 6.07) is 92.0. The maximum Gasteiger partial charge on any atom is 0.0562 e. The lowest BCUT2D eigenvalue weighted by Crippen LogP contribution is -2.10. The Morgan fingerprint density at radius 3 is 1.39 bits per heavy atom. The van der Waals surface area contributed by atoms with Gasteiger partial charge in [-0.05, 0) is 98.6 Å². The highest BCUT2D eigenvalue weighted by Gasteiger charge is 2.23. The van der Waals surface area contributed by atoms with Gasteiger partial charge in [0.25, 0.3) is 0 Å². The second kappa shape index (κ2) is 16.1. The molecule has 10 aromatic carbocycles. The Balaban J connectivity index is 1.09. The first-order chi connectivity index (χ1) is 30.8. The van der Waals surface area contributed by atoms with Crippen LogP contribution in [0.4, 0.5) is 17.1 Å². The monoisotopic (exact) mass is 790 g/mol. The number of fused-ring (bicyclic) bond motifs is 3. The molecule has 0 unspecified atom stereocenters. The molecule has 0 fully saturated rings. The molecule has 0 atom stereocenters. The summed E-state index contributed by atoms with van der Waals surface area (Å²) in [5, 5.41) is 2.40. The minimum atomic E-state index is 1.09. The fourth-order valence-corrected chi connectivity index (χ4v) is 9.09. The first-order valence-electron chi connectivity index (χ1n) is 21.3. The van der Waals surface area contributed by atoms with E-state index in [-0.39, 0.29) is 0 Å². The van der Waals surface area contributed by atoms with Crippen molar-refractivity contribution in [1.82, 2.24) is 4.57 Å². The van der Waals surface area contributed by atoms with Crippen molar-refractivity contribution in [2.45, 2.75) is 0 Å². The minimum Gasteiger partial charge on any atom is -0.310 e. The van der Waals surface area contributed by atoms with Crippen LogP contribution in [0.25, 0.3) is 83.1 Å². The van der Waals surface area contributed by atoms with E-state index in [1.807, 2.05) is 0 Å². The van der Waals surface area contributed by atoms with Crippen LogP contribution in [0.3, 0.4) is 0 Å². The maximum atomic E-state index is 2.45. The summed E-state index contributed by atoms with van der Waals surface area (Å²) < 4.78 is 2.45. The van der Waals surface area contributed by atoms with Gasteiger partial charge in [0, 0.05) is 27.7 Å². The fourth-order valence-electron chi connectivity index (χ4n) is 9.09. The number of nitrogens with zero attached hydrogens (tertiary/aromatic N) is 2. The lowest BCUT2D eigenvalue weighted by molar-refractivity contribution is 1.18. The van der Waals surface area contributed by atoms with Gasteiger partial charge >= 0.3 is 0 Å². The first-order valence-corrected chi connectivity index (χ1v) is 21.3. The quantitative estimate of drug-likeness (QED) is 0.141. The Morgan fingerprint density at radius 1 is 0.274 bits per heavy atom. The van der Waals surface area contributed by atoms with Crippen molar-refractivity contribution in [1.29, 1.82) is 0 Å². The molecule has 1 aromatic heterocycles. The topological polar surface area (TPSA) is 8.17 Å². The lowest BCUT2D eigenvalue weighted by Gasteiger charge is -2.28. The average Bonchev–Trinajstić information content (AvgIpc) is 3.70. The van der Waals surface area contributed by atoms with Crippen LogP contribution in [0.15, 0.2) is 255 Å². The molecule has 0 N–H and O–H groups in total. The van der Waals surface area contributed by atoms with Crippen LogP contribution in [-0.4, -0.2) is 4.57 Å². The van der Waals surface area contributed by atoms with Crippen molar-refractivity contribution in [2.75, 3.05) is 4.90 Å². The molecule has 62 heavy (non-hydrogen) atoms. The molecule has 0 radical (unpaired) electrons. The second-order valence-corrected chi connectivity index (χ2v) is 15.7. The number of benzene rings is 10. The lowest BCUT2D eigenvalue weighted by atomic mass is 9.92. The standard InChI is InChI=1S/C60H42N2/c1-5-18-43(19-6-1)45-32-36-48(37-33-45)52-41-40-51(42-55(52)47-22-9-3-10-23-47)61(50-24-11-4-12-25-50)58-30-17-31-59-60(58)54-27-14-16-29-57(54)62(59)56-28-15-13-26-53(56)49-38-34-46(35-39-49)44-20-7-2-8-21-44/h1-42H. The largest absolute Gasteiger partial charge is 0.310 e. The van der Waals surface area contributed by atoms with Crippen LogP contribution >= 0.6 is 0 Å². The predicted molar refractivity (Wildman–Crippen MR) is 263 cm³/mol. The van der Waals surface area contributed by atoms with Gasteiger partial charge in [-0.1, -0.05) is 206 Å². The molecule has 0 spiro atoms. The Hall–Kier alpha value is -8.20. The van der Waals surface area contributed by atoms with Crippen LogP contribution in [0.2, 0.25) is 0 Å². The van der Waals surface area contributed by atoms with Gasteiger partial charge in [-0.2, -0.15) is 0 Å². The highest BCUT2D eigenvalue weighted by molar-refractivity contribution is 6.17. The Labute approximate surface area is 362 Å². The molecular formula is C60H42N2. The number of anilines is 3. The number of aromatic nitrogens is 1. The normalized spacial score (nSPS) is 11.2. The highest BCUT2D eigenvalue weighted by Crippen LogP contribution is 2.46. The molecular weight excluding hydrogens is 749 g/mol. The van der Waals surface area contributed by atoms with Gasteiger partial charge in [0.05, 0.1) is 22.4 Å². The smallest absolute Gasteiger partial charge is 0.0562 e. The number of rotatable bonds is 9. The molecule has 2 nitrogen and oxygen atoms in total. The summed E-state index contributed by atoms with van der Waals surface area (Å²) in [4.78, 5) is 2.43. The SMILES string of the molecule is c1ccc(-c2ccc(-c3ccc(N(c4ccccc4)c4cccc5c4c4ccccc4n5-c4ccccc4-c4ccc(-c5ccccc5)cc4)cc3-c3ccccc3)cc2)cc1. The minimum absolute atomic E-state index is 1.09. The molecule has 0 saturated carbocycles. The van der Waals surface area contributed by atoms with Crippen molar-refractivity contribution >= 4 is 38.9 Å². The Kier molecular flexibility index (Phi) is 9.57. The summed E-state index contributed by atoms with van der Waals surface area (Å²) in [6.45, 7) is 0. The summed E-state index contributed by atoms with van der Waals surface area (Å²) in [5.74, 6) is 0. The maximum absolute atomic E-state index is 2.45. The molecule has 0 bridgehead atoms. The van der Waals surface area contributed by atoms with Crippen LogP contribution in [0.5, 0.6) is 0 Å². The van der Waals surface area contributed by atoms with E-state index in [0.29, 0.717) is 0 Å². The van der Waals surface area contributed by atoms with E-state index in [0.717, 1.165) is 33.8 Å². The molecule has 0 amide bonds. The first kappa shape index (κ1) is 36.8. The van der Waals surface area contributed by atoms with Gasteiger partial charge < -0.3 is 9.47 Å². The van der Waals surface area contributed by atoms with Crippen LogP contribution in [-0.2, 0) is 0 Å². The molecule has 0 aliphatic rings. The molecule has 0 saturated heterocycles. The van der Waals surface area contributed by atoms with Crippen LogP contribution < -0.4 is 4.90 Å². The number of hydrogen-bond acceptors (Lipinski definition) is 1. The van der Waals surface area contributed by atoms with E-state index in [2.05, 4.69) is 264 Å². The predicted octanol–water partition coefficient (Wildman–Crippen LogP) is 16.6. The van der Waals surface area contributed by atoms with E-state index < -0.39 is 0 Å². The summed E-state index contributed by atoms with van der Waals surface area (Å²) >= 11 is 0. The number of para-hydroxylation sites is 3. The van der Waals surface area contributed by atoms with Gasteiger partial charge in [0.15, 0.2) is 0 Å². The van der Waals surface area contributed by atoms with Gasteiger partial charge in [-0.3, -0.25) is 0 Å². The molecule has 0 aliphatic carbocycles.